The zero-order valence-corrected chi connectivity index (χ0v) is 12.2. The van der Waals surface area contributed by atoms with Crippen LogP contribution in [0, 0.1) is 5.92 Å². The van der Waals surface area contributed by atoms with Crippen molar-refractivity contribution in [2.24, 2.45) is 11.7 Å². The van der Waals surface area contributed by atoms with Crippen molar-refractivity contribution in [3.8, 4) is 0 Å². The lowest BCUT2D eigenvalue weighted by Gasteiger charge is -2.34. The van der Waals surface area contributed by atoms with E-state index >= 15 is 0 Å². The summed E-state index contributed by atoms with van der Waals surface area (Å²) in [6.45, 7) is 4.81. The maximum Gasteiger partial charge on any atom is 0.244 e. The van der Waals surface area contributed by atoms with Crippen LogP contribution < -0.4 is 10.6 Å². The first-order valence-corrected chi connectivity index (χ1v) is 7.78. The number of H-pyrrole nitrogens is 1. The van der Waals surface area contributed by atoms with Gasteiger partial charge < -0.3 is 15.4 Å². The van der Waals surface area contributed by atoms with Gasteiger partial charge in [0.15, 0.2) is 0 Å². The fourth-order valence-electron chi connectivity index (χ4n) is 3.10. The van der Waals surface area contributed by atoms with Gasteiger partial charge in [-0.15, -0.1) is 5.10 Å². The minimum Gasteiger partial charge on any atom is -0.378 e. The minimum atomic E-state index is 0.343. The third-order valence-corrected chi connectivity index (χ3v) is 4.42. The number of nitrogens with two attached hydrogens (primary N) is 1. The number of hydrogen-bond acceptors (Lipinski definition) is 5. The summed E-state index contributed by atoms with van der Waals surface area (Å²) < 4.78 is 5.59. The molecule has 0 unspecified atom stereocenters. The van der Waals surface area contributed by atoms with Gasteiger partial charge in [-0.1, -0.05) is 0 Å². The lowest BCUT2D eigenvalue weighted by atomic mass is 9.80. The standard InChI is InChI=1S/C14H25N5O/c1-2-20-12-7-10(8-12)9-13-16-14(18-17-13)19-5-3-11(15)4-6-19/h10-12H,2-9,15H2,1H3,(H,16,17,18). The Morgan fingerprint density at radius 3 is 2.80 bits per heavy atom. The van der Waals surface area contributed by atoms with Crippen LogP contribution in [0.5, 0.6) is 0 Å². The van der Waals surface area contributed by atoms with E-state index in [1.807, 2.05) is 0 Å². The van der Waals surface area contributed by atoms with Crippen molar-refractivity contribution >= 4 is 5.95 Å². The van der Waals surface area contributed by atoms with Gasteiger partial charge in [-0.05, 0) is 38.5 Å². The van der Waals surface area contributed by atoms with Crippen LogP contribution in [-0.2, 0) is 11.2 Å². The lowest BCUT2D eigenvalue weighted by Crippen LogP contribution is -2.40. The van der Waals surface area contributed by atoms with E-state index in [0.717, 1.165) is 63.6 Å². The van der Waals surface area contributed by atoms with E-state index in [2.05, 4.69) is 27.0 Å². The minimum absolute atomic E-state index is 0.343. The molecule has 1 aromatic rings. The first kappa shape index (κ1) is 13.8. The highest BCUT2D eigenvalue weighted by molar-refractivity contribution is 5.29. The Kier molecular flexibility index (Phi) is 4.21. The maximum atomic E-state index is 5.92. The number of nitrogens with one attached hydrogen (secondary N) is 1. The molecule has 6 nitrogen and oxygen atoms in total. The van der Waals surface area contributed by atoms with Crippen LogP contribution in [0.25, 0.3) is 0 Å². The quantitative estimate of drug-likeness (QED) is 0.843. The number of piperidine rings is 1. The summed E-state index contributed by atoms with van der Waals surface area (Å²) in [5.74, 6) is 2.55. The lowest BCUT2D eigenvalue weighted by molar-refractivity contribution is -0.0245. The van der Waals surface area contributed by atoms with Gasteiger partial charge in [-0.25, -0.2) is 0 Å². The highest BCUT2D eigenvalue weighted by atomic mass is 16.5. The Morgan fingerprint density at radius 2 is 2.10 bits per heavy atom. The predicted molar refractivity (Wildman–Crippen MR) is 77.6 cm³/mol. The van der Waals surface area contributed by atoms with Gasteiger partial charge in [0.25, 0.3) is 0 Å². The summed E-state index contributed by atoms with van der Waals surface area (Å²) >= 11 is 0. The second kappa shape index (κ2) is 6.10. The molecule has 0 radical (unpaired) electrons. The molecule has 2 heterocycles. The molecule has 2 fully saturated rings. The van der Waals surface area contributed by atoms with E-state index in [1.54, 1.807) is 0 Å². The fraction of sp³-hybridized carbons (Fsp3) is 0.857. The summed E-state index contributed by atoms with van der Waals surface area (Å²) in [6, 6.07) is 0.343. The van der Waals surface area contributed by atoms with Crippen LogP contribution in [0.1, 0.15) is 38.4 Å². The molecule has 0 spiro atoms. The topological polar surface area (TPSA) is 80.1 Å². The Morgan fingerprint density at radius 1 is 1.35 bits per heavy atom. The molecule has 0 aromatic carbocycles. The zero-order valence-electron chi connectivity index (χ0n) is 12.2. The molecule has 1 aliphatic carbocycles. The van der Waals surface area contributed by atoms with Gasteiger partial charge in [0.2, 0.25) is 5.95 Å². The average molecular weight is 279 g/mol. The summed E-state index contributed by atoms with van der Waals surface area (Å²) in [5.41, 5.74) is 5.92. The number of anilines is 1. The van der Waals surface area contributed by atoms with Crippen molar-refractivity contribution in [3.05, 3.63) is 5.82 Å². The molecule has 0 atom stereocenters. The molecule has 6 heteroatoms. The molecule has 112 valence electrons. The van der Waals surface area contributed by atoms with E-state index in [9.17, 15) is 0 Å². The number of rotatable bonds is 5. The molecular formula is C14H25N5O. The first-order valence-electron chi connectivity index (χ1n) is 7.78. The molecule has 3 N–H and O–H groups in total. The van der Waals surface area contributed by atoms with Crippen molar-refractivity contribution in [1.29, 1.82) is 0 Å². The van der Waals surface area contributed by atoms with Crippen LogP contribution >= 0.6 is 0 Å². The second-order valence-electron chi connectivity index (χ2n) is 6.03. The van der Waals surface area contributed by atoms with E-state index in [-0.39, 0.29) is 0 Å². The zero-order chi connectivity index (χ0) is 13.9. The Balaban J connectivity index is 1.48. The number of aromatic nitrogens is 3. The van der Waals surface area contributed by atoms with Crippen molar-refractivity contribution < 1.29 is 4.74 Å². The molecule has 0 amide bonds. The second-order valence-corrected chi connectivity index (χ2v) is 6.03. The van der Waals surface area contributed by atoms with Crippen LogP contribution in [-0.4, -0.2) is 47.0 Å². The SMILES string of the molecule is CCOC1CC(Cc2nc(N3CCC(N)CC3)n[nH]2)C1. The highest BCUT2D eigenvalue weighted by Crippen LogP contribution is 2.32. The summed E-state index contributed by atoms with van der Waals surface area (Å²) in [5, 5.41) is 7.43. The molecule has 1 saturated heterocycles. The van der Waals surface area contributed by atoms with Gasteiger partial charge in [-0.2, -0.15) is 4.98 Å². The van der Waals surface area contributed by atoms with Crippen LogP contribution in [0.3, 0.4) is 0 Å². The normalized spacial score (nSPS) is 27.6. The van der Waals surface area contributed by atoms with Gasteiger partial charge in [0, 0.05) is 32.2 Å². The Hall–Kier alpha value is -1.14. The summed E-state index contributed by atoms with van der Waals surface area (Å²) in [4.78, 5) is 6.86. The van der Waals surface area contributed by atoms with Gasteiger partial charge in [0.1, 0.15) is 5.82 Å². The third kappa shape index (κ3) is 3.12. The highest BCUT2D eigenvalue weighted by Gasteiger charge is 2.30. The van der Waals surface area contributed by atoms with E-state index in [1.165, 1.54) is 0 Å². The summed E-state index contributed by atoms with van der Waals surface area (Å²) in [7, 11) is 0. The van der Waals surface area contributed by atoms with Crippen LogP contribution in [0.15, 0.2) is 0 Å². The van der Waals surface area contributed by atoms with Gasteiger partial charge in [-0.3, -0.25) is 5.10 Å². The Bertz CT molecular complexity index is 421. The number of aromatic amines is 1. The van der Waals surface area contributed by atoms with Gasteiger partial charge in [0.05, 0.1) is 6.10 Å². The van der Waals surface area contributed by atoms with Crippen molar-refractivity contribution in [2.45, 2.75) is 51.2 Å². The maximum absolute atomic E-state index is 5.92. The van der Waals surface area contributed by atoms with Crippen molar-refractivity contribution in [1.82, 2.24) is 15.2 Å². The smallest absolute Gasteiger partial charge is 0.244 e. The molecular weight excluding hydrogens is 254 g/mol. The number of hydrogen-bond donors (Lipinski definition) is 2. The van der Waals surface area contributed by atoms with Crippen molar-refractivity contribution in [2.75, 3.05) is 24.6 Å². The molecule has 1 aliphatic heterocycles. The molecule has 20 heavy (non-hydrogen) atoms. The monoisotopic (exact) mass is 279 g/mol. The third-order valence-electron chi connectivity index (χ3n) is 4.42. The molecule has 1 aromatic heterocycles. The number of nitrogens with zero attached hydrogens (tertiary/aromatic N) is 3. The first-order chi connectivity index (χ1) is 9.74. The average Bonchev–Trinajstić information content (AvgIpc) is 2.86. The molecule has 1 saturated carbocycles. The van der Waals surface area contributed by atoms with Crippen LogP contribution in [0.4, 0.5) is 5.95 Å². The van der Waals surface area contributed by atoms with Crippen LogP contribution in [0.2, 0.25) is 0 Å². The fourth-order valence-corrected chi connectivity index (χ4v) is 3.10. The predicted octanol–water partition coefficient (Wildman–Crippen LogP) is 1.09. The van der Waals surface area contributed by atoms with Crippen molar-refractivity contribution in [3.63, 3.8) is 0 Å². The summed E-state index contributed by atoms with van der Waals surface area (Å²) in [6.07, 6.45) is 5.83. The molecule has 0 bridgehead atoms. The molecule has 2 aliphatic rings. The largest absolute Gasteiger partial charge is 0.378 e. The Labute approximate surface area is 120 Å². The van der Waals surface area contributed by atoms with E-state index in [4.69, 9.17) is 10.5 Å². The van der Waals surface area contributed by atoms with E-state index in [0.29, 0.717) is 18.1 Å². The van der Waals surface area contributed by atoms with E-state index < -0.39 is 0 Å². The van der Waals surface area contributed by atoms with Gasteiger partial charge >= 0.3 is 0 Å². The molecule has 3 rings (SSSR count). The number of ether oxygens (including phenoxy) is 1.